The van der Waals surface area contributed by atoms with Crippen LogP contribution in [0.4, 0.5) is 0 Å². The van der Waals surface area contributed by atoms with Crippen molar-refractivity contribution in [3.63, 3.8) is 0 Å². The van der Waals surface area contributed by atoms with Gasteiger partial charge >= 0.3 is 0 Å². The van der Waals surface area contributed by atoms with E-state index in [1.165, 1.54) is 0 Å². The molecule has 0 amide bonds. The van der Waals surface area contributed by atoms with Gasteiger partial charge in [-0.15, -0.1) is 0 Å². The Morgan fingerprint density at radius 1 is 0.647 bits per heavy atom. The fraction of sp³-hybridized carbons (Fsp3) is 0.290. The van der Waals surface area contributed by atoms with Crippen molar-refractivity contribution in [1.29, 1.82) is 0 Å². The summed E-state index contributed by atoms with van der Waals surface area (Å²) in [5.74, 6) is 0.665. The normalized spacial score (nSPS) is 12.4. The zero-order valence-electron chi connectivity index (χ0n) is 21.0. The number of hydrogen-bond donors (Lipinski definition) is 2. The van der Waals surface area contributed by atoms with Crippen molar-refractivity contribution in [1.82, 2.24) is 0 Å². The molecule has 0 aliphatic rings. The molecule has 2 N–H and O–H groups in total. The van der Waals surface area contributed by atoms with Crippen molar-refractivity contribution in [2.75, 3.05) is 0 Å². The second-order valence-corrected chi connectivity index (χ2v) is 12.1. The van der Waals surface area contributed by atoms with Crippen LogP contribution in [-0.2, 0) is 10.8 Å². The Kier molecular flexibility index (Phi) is 6.06. The van der Waals surface area contributed by atoms with Crippen LogP contribution >= 0.6 is 15.9 Å². The second kappa shape index (κ2) is 8.46. The van der Waals surface area contributed by atoms with Gasteiger partial charge in [0.15, 0.2) is 0 Å². The van der Waals surface area contributed by atoms with E-state index in [0.717, 1.165) is 54.2 Å². The van der Waals surface area contributed by atoms with Gasteiger partial charge in [0.1, 0.15) is 11.5 Å². The lowest BCUT2D eigenvalue weighted by atomic mass is 9.77. The first kappa shape index (κ1) is 24.3. The molecule has 0 unspecified atom stereocenters. The van der Waals surface area contributed by atoms with E-state index in [0.29, 0.717) is 11.5 Å². The van der Waals surface area contributed by atoms with Crippen LogP contribution in [0.15, 0.2) is 65.1 Å². The summed E-state index contributed by atoms with van der Waals surface area (Å²) in [6.45, 7) is 14.7. The van der Waals surface area contributed by atoms with Gasteiger partial charge in [-0.1, -0.05) is 87.8 Å². The maximum atomic E-state index is 11.2. The maximum absolute atomic E-state index is 11.2. The summed E-state index contributed by atoms with van der Waals surface area (Å²) in [5.41, 5.74) is 6.05. The van der Waals surface area contributed by atoms with Crippen molar-refractivity contribution in [3.8, 4) is 33.8 Å². The van der Waals surface area contributed by atoms with Crippen molar-refractivity contribution in [3.05, 3.63) is 81.8 Å². The molecule has 0 saturated carbocycles. The maximum Gasteiger partial charge on any atom is 0.126 e. The molecule has 0 bridgehead atoms. The fourth-order valence-corrected chi connectivity index (χ4v) is 5.01. The number of phenolic OH excluding ortho intramolecular Hbond substituents is 2. The molecule has 0 atom stereocenters. The minimum atomic E-state index is -0.228. The van der Waals surface area contributed by atoms with E-state index >= 15 is 0 Å². The summed E-state index contributed by atoms with van der Waals surface area (Å²) in [6.07, 6.45) is 0. The zero-order valence-corrected chi connectivity index (χ0v) is 22.6. The highest BCUT2D eigenvalue weighted by Crippen LogP contribution is 2.46. The van der Waals surface area contributed by atoms with Gasteiger partial charge in [-0.3, -0.25) is 0 Å². The first-order valence-electron chi connectivity index (χ1n) is 11.7. The molecule has 176 valence electrons. The van der Waals surface area contributed by atoms with E-state index in [1.54, 1.807) is 0 Å². The Morgan fingerprint density at radius 3 is 1.82 bits per heavy atom. The predicted molar refractivity (Wildman–Crippen MR) is 148 cm³/mol. The zero-order chi connectivity index (χ0) is 25.0. The van der Waals surface area contributed by atoms with Crippen LogP contribution in [0.1, 0.15) is 58.2 Å². The van der Waals surface area contributed by atoms with Crippen LogP contribution < -0.4 is 0 Å². The first-order valence-corrected chi connectivity index (χ1v) is 12.5. The summed E-state index contributed by atoms with van der Waals surface area (Å²) >= 11 is 3.66. The highest BCUT2D eigenvalue weighted by Gasteiger charge is 2.27. The molecule has 0 aromatic heterocycles. The van der Waals surface area contributed by atoms with Gasteiger partial charge in [0, 0.05) is 21.2 Å². The van der Waals surface area contributed by atoms with Crippen LogP contribution in [0.5, 0.6) is 11.5 Å². The molecule has 0 aliphatic carbocycles. The van der Waals surface area contributed by atoms with Crippen molar-refractivity contribution < 1.29 is 10.2 Å². The summed E-state index contributed by atoms with van der Waals surface area (Å²) in [7, 11) is 0. The number of halogens is 1. The second-order valence-electron chi connectivity index (χ2n) is 11.2. The SMILES string of the molecule is Cc1c(O)c(-c2ccc(Br)cc2-c2cc(C(C)(C)C)c(O)c(C(C)(C)C)c2)cc2ccccc12. The van der Waals surface area contributed by atoms with E-state index in [1.807, 2.05) is 31.2 Å². The van der Waals surface area contributed by atoms with E-state index < -0.39 is 0 Å². The monoisotopic (exact) mass is 516 g/mol. The molecule has 0 spiro atoms. The minimum Gasteiger partial charge on any atom is -0.507 e. The van der Waals surface area contributed by atoms with Gasteiger partial charge in [0.05, 0.1) is 0 Å². The lowest BCUT2D eigenvalue weighted by Gasteiger charge is -2.28. The predicted octanol–water partition coefficient (Wildman–Crippen LogP) is 9.25. The van der Waals surface area contributed by atoms with Gasteiger partial charge in [0.25, 0.3) is 0 Å². The van der Waals surface area contributed by atoms with E-state index in [9.17, 15) is 10.2 Å². The lowest BCUT2D eigenvalue weighted by Crippen LogP contribution is -2.17. The summed E-state index contributed by atoms with van der Waals surface area (Å²) in [5, 5.41) is 24.6. The molecule has 2 nitrogen and oxygen atoms in total. The number of aromatic hydroxyl groups is 2. The smallest absolute Gasteiger partial charge is 0.126 e. The third kappa shape index (κ3) is 4.34. The van der Waals surface area contributed by atoms with E-state index in [2.05, 4.69) is 93.9 Å². The molecule has 4 aromatic rings. The Balaban J connectivity index is 2.07. The highest BCUT2D eigenvalue weighted by molar-refractivity contribution is 9.10. The van der Waals surface area contributed by atoms with Crippen LogP contribution in [0.2, 0.25) is 0 Å². The molecule has 34 heavy (non-hydrogen) atoms. The lowest BCUT2D eigenvalue weighted by molar-refractivity contribution is 0.423. The number of hydrogen-bond acceptors (Lipinski definition) is 2. The minimum absolute atomic E-state index is 0.228. The Labute approximate surface area is 211 Å². The molecule has 4 rings (SSSR count). The van der Waals surface area contributed by atoms with Crippen LogP contribution in [0.25, 0.3) is 33.0 Å². The number of benzene rings is 4. The van der Waals surface area contributed by atoms with Crippen molar-refractivity contribution in [2.45, 2.75) is 59.3 Å². The molecular formula is C31H33BrO2. The van der Waals surface area contributed by atoms with Crippen molar-refractivity contribution in [2.24, 2.45) is 0 Å². The molecule has 0 heterocycles. The molecular weight excluding hydrogens is 484 g/mol. The van der Waals surface area contributed by atoms with Gasteiger partial charge in [-0.2, -0.15) is 0 Å². The average molecular weight is 518 g/mol. The number of aryl methyl sites for hydroxylation is 1. The molecule has 3 heteroatoms. The van der Waals surface area contributed by atoms with E-state index in [4.69, 9.17) is 0 Å². The molecule has 4 aromatic carbocycles. The molecule has 0 radical (unpaired) electrons. The third-order valence-corrected chi connectivity index (χ3v) is 7.08. The summed E-state index contributed by atoms with van der Waals surface area (Å²) in [6, 6.07) is 20.6. The van der Waals surface area contributed by atoms with Crippen LogP contribution in [0, 0.1) is 6.92 Å². The van der Waals surface area contributed by atoms with E-state index in [-0.39, 0.29) is 10.8 Å². The average Bonchev–Trinajstić information content (AvgIpc) is 2.75. The fourth-order valence-electron chi connectivity index (χ4n) is 4.65. The third-order valence-electron chi connectivity index (χ3n) is 6.58. The van der Waals surface area contributed by atoms with Crippen LogP contribution in [-0.4, -0.2) is 10.2 Å². The highest BCUT2D eigenvalue weighted by atomic mass is 79.9. The Hall–Kier alpha value is -2.78. The van der Waals surface area contributed by atoms with Crippen LogP contribution in [0.3, 0.4) is 0 Å². The van der Waals surface area contributed by atoms with Gasteiger partial charge in [0.2, 0.25) is 0 Å². The number of fused-ring (bicyclic) bond motifs is 1. The number of phenols is 2. The molecule has 0 fully saturated rings. The number of rotatable bonds is 2. The van der Waals surface area contributed by atoms with Crippen molar-refractivity contribution >= 4 is 26.7 Å². The summed E-state index contributed by atoms with van der Waals surface area (Å²) in [4.78, 5) is 0. The summed E-state index contributed by atoms with van der Waals surface area (Å²) < 4.78 is 0.964. The standard InChI is InChI=1S/C31H33BrO2/c1-18-22-11-9-8-10-19(22)14-25(28(18)33)23-13-12-21(32)17-24(23)20-15-26(30(2,3)4)29(34)27(16-20)31(5,6)7/h8-17,33-34H,1-7H3. The topological polar surface area (TPSA) is 40.5 Å². The Morgan fingerprint density at radius 2 is 1.24 bits per heavy atom. The van der Waals surface area contributed by atoms with Gasteiger partial charge in [-0.05, 0) is 81.1 Å². The van der Waals surface area contributed by atoms with Gasteiger partial charge < -0.3 is 10.2 Å². The molecule has 0 aliphatic heterocycles. The quantitative estimate of drug-likeness (QED) is 0.278. The molecule has 0 saturated heterocycles. The Bertz CT molecular complexity index is 1370. The first-order chi connectivity index (χ1) is 15.8. The van der Waals surface area contributed by atoms with Gasteiger partial charge in [-0.25, -0.2) is 0 Å². The largest absolute Gasteiger partial charge is 0.507 e.